The van der Waals surface area contributed by atoms with E-state index in [1.54, 1.807) is 0 Å². The number of nitrogens with one attached hydrogen (secondary N) is 1. The SMILES string of the molecule is O=C(Nc1ccccc1)[C@H]1Cc2ccccc2C(=O)N1C1CCCC1. The fraction of sp³-hybridized carbons (Fsp3) is 0.333. The van der Waals surface area contributed by atoms with Gasteiger partial charge in [-0.15, -0.1) is 0 Å². The molecule has 4 heteroatoms. The number of fused-ring (bicyclic) bond motifs is 1. The number of carbonyl (C=O) groups excluding carboxylic acids is 2. The zero-order chi connectivity index (χ0) is 17.2. The monoisotopic (exact) mass is 334 g/mol. The summed E-state index contributed by atoms with van der Waals surface area (Å²) in [5, 5.41) is 2.98. The van der Waals surface area contributed by atoms with E-state index < -0.39 is 6.04 Å². The zero-order valence-corrected chi connectivity index (χ0v) is 14.2. The summed E-state index contributed by atoms with van der Waals surface area (Å²) in [5.41, 5.74) is 2.48. The van der Waals surface area contributed by atoms with Gasteiger partial charge in [0.15, 0.2) is 0 Å². The minimum atomic E-state index is -0.439. The summed E-state index contributed by atoms with van der Waals surface area (Å²) >= 11 is 0. The van der Waals surface area contributed by atoms with Crippen molar-refractivity contribution in [2.75, 3.05) is 5.32 Å². The van der Waals surface area contributed by atoms with E-state index in [0.29, 0.717) is 6.42 Å². The zero-order valence-electron chi connectivity index (χ0n) is 14.2. The van der Waals surface area contributed by atoms with Crippen LogP contribution in [0.25, 0.3) is 0 Å². The Hall–Kier alpha value is -2.62. The van der Waals surface area contributed by atoms with Crippen molar-refractivity contribution in [1.82, 2.24) is 4.90 Å². The molecule has 1 aliphatic carbocycles. The standard InChI is InChI=1S/C21H22N2O2/c24-20(22-16-9-2-1-3-10-16)19-14-15-8-4-7-13-18(15)21(25)23(19)17-11-5-6-12-17/h1-4,7-10,13,17,19H,5-6,11-12,14H2,(H,22,24)/t19-/m1/s1. The molecule has 1 fully saturated rings. The number of hydrogen-bond acceptors (Lipinski definition) is 2. The molecule has 25 heavy (non-hydrogen) atoms. The van der Waals surface area contributed by atoms with Crippen LogP contribution in [0.1, 0.15) is 41.6 Å². The Labute approximate surface area is 147 Å². The van der Waals surface area contributed by atoms with Crippen molar-refractivity contribution in [3.63, 3.8) is 0 Å². The predicted octanol–water partition coefficient (Wildman–Crippen LogP) is 3.63. The first kappa shape index (κ1) is 15.9. The molecule has 0 spiro atoms. The third-order valence-corrected chi connectivity index (χ3v) is 5.29. The fourth-order valence-electron chi connectivity index (χ4n) is 4.06. The molecule has 1 saturated carbocycles. The Morgan fingerprint density at radius 2 is 1.64 bits per heavy atom. The van der Waals surface area contributed by atoms with E-state index in [-0.39, 0.29) is 17.9 Å². The van der Waals surface area contributed by atoms with Crippen molar-refractivity contribution in [3.05, 3.63) is 65.7 Å². The lowest BCUT2D eigenvalue weighted by molar-refractivity contribution is -0.121. The van der Waals surface area contributed by atoms with Gasteiger partial charge in [0.05, 0.1) is 0 Å². The minimum absolute atomic E-state index is 0.00182. The first-order valence-electron chi connectivity index (χ1n) is 9.00. The molecule has 0 bridgehead atoms. The van der Waals surface area contributed by atoms with E-state index in [0.717, 1.165) is 42.5 Å². The normalized spacial score (nSPS) is 20.4. The first-order chi connectivity index (χ1) is 12.2. The van der Waals surface area contributed by atoms with Crippen LogP contribution in [0.4, 0.5) is 5.69 Å². The highest BCUT2D eigenvalue weighted by molar-refractivity contribution is 6.04. The van der Waals surface area contributed by atoms with Gasteiger partial charge in [0.25, 0.3) is 5.91 Å². The molecule has 2 aromatic carbocycles. The van der Waals surface area contributed by atoms with E-state index in [2.05, 4.69) is 5.32 Å². The van der Waals surface area contributed by atoms with Crippen molar-refractivity contribution in [1.29, 1.82) is 0 Å². The van der Waals surface area contributed by atoms with E-state index in [1.807, 2.05) is 59.5 Å². The molecular weight excluding hydrogens is 312 g/mol. The molecule has 1 atom stereocenters. The molecule has 1 heterocycles. The molecule has 128 valence electrons. The van der Waals surface area contributed by atoms with Crippen molar-refractivity contribution in [2.24, 2.45) is 0 Å². The molecular formula is C21H22N2O2. The molecule has 1 N–H and O–H groups in total. The van der Waals surface area contributed by atoms with Crippen LogP contribution < -0.4 is 5.32 Å². The Morgan fingerprint density at radius 3 is 2.40 bits per heavy atom. The van der Waals surface area contributed by atoms with Crippen LogP contribution in [0.2, 0.25) is 0 Å². The molecule has 0 unspecified atom stereocenters. The molecule has 0 aromatic heterocycles. The van der Waals surface area contributed by atoms with Gasteiger partial charge in [-0.3, -0.25) is 9.59 Å². The second kappa shape index (κ2) is 6.71. The number of anilines is 1. The number of para-hydroxylation sites is 1. The predicted molar refractivity (Wildman–Crippen MR) is 97.4 cm³/mol. The highest BCUT2D eigenvalue weighted by Crippen LogP contribution is 2.32. The van der Waals surface area contributed by atoms with Crippen LogP contribution in [0.5, 0.6) is 0 Å². The number of amides is 2. The van der Waals surface area contributed by atoms with Crippen LogP contribution in [-0.2, 0) is 11.2 Å². The molecule has 4 rings (SSSR count). The lowest BCUT2D eigenvalue weighted by atomic mass is 9.91. The Balaban J connectivity index is 1.65. The maximum Gasteiger partial charge on any atom is 0.255 e. The summed E-state index contributed by atoms with van der Waals surface area (Å²) < 4.78 is 0. The van der Waals surface area contributed by atoms with Crippen LogP contribution >= 0.6 is 0 Å². The lowest BCUT2D eigenvalue weighted by Crippen LogP contribution is -2.55. The summed E-state index contributed by atoms with van der Waals surface area (Å²) in [6.45, 7) is 0. The van der Waals surface area contributed by atoms with Crippen LogP contribution in [0.3, 0.4) is 0 Å². The van der Waals surface area contributed by atoms with Crippen LogP contribution in [0.15, 0.2) is 54.6 Å². The third kappa shape index (κ3) is 3.04. The Morgan fingerprint density at radius 1 is 0.960 bits per heavy atom. The van der Waals surface area contributed by atoms with Gasteiger partial charge in [0, 0.05) is 23.7 Å². The number of nitrogens with zero attached hydrogens (tertiary/aromatic N) is 1. The molecule has 0 radical (unpaired) electrons. The summed E-state index contributed by atoms with van der Waals surface area (Å²) in [6.07, 6.45) is 4.81. The summed E-state index contributed by atoms with van der Waals surface area (Å²) in [6, 6.07) is 16.9. The number of hydrogen-bond donors (Lipinski definition) is 1. The van der Waals surface area contributed by atoms with Gasteiger partial charge < -0.3 is 10.2 Å². The summed E-state index contributed by atoms with van der Waals surface area (Å²) in [4.78, 5) is 28.0. The van der Waals surface area contributed by atoms with E-state index in [1.165, 1.54) is 0 Å². The van der Waals surface area contributed by atoms with Crippen molar-refractivity contribution < 1.29 is 9.59 Å². The van der Waals surface area contributed by atoms with Gasteiger partial charge in [0.1, 0.15) is 6.04 Å². The fourth-order valence-corrected chi connectivity index (χ4v) is 4.06. The van der Waals surface area contributed by atoms with Crippen molar-refractivity contribution in [2.45, 2.75) is 44.2 Å². The average Bonchev–Trinajstić information content (AvgIpc) is 3.16. The van der Waals surface area contributed by atoms with E-state index in [9.17, 15) is 9.59 Å². The van der Waals surface area contributed by atoms with Crippen LogP contribution in [0, 0.1) is 0 Å². The average molecular weight is 334 g/mol. The van der Waals surface area contributed by atoms with E-state index in [4.69, 9.17) is 0 Å². The Bertz CT molecular complexity index is 781. The van der Waals surface area contributed by atoms with Gasteiger partial charge in [-0.1, -0.05) is 49.2 Å². The highest BCUT2D eigenvalue weighted by Gasteiger charge is 2.41. The number of benzene rings is 2. The smallest absolute Gasteiger partial charge is 0.255 e. The molecule has 2 aromatic rings. The second-order valence-electron chi connectivity index (χ2n) is 6.88. The van der Waals surface area contributed by atoms with Gasteiger partial charge >= 0.3 is 0 Å². The third-order valence-electron chi connectivity index (χ3n) is 5.29. The molecule has 2 aliphatic rings. The van der Waals surface area contributed by atoms with Gasteiger partial charge in [-0.05, 0) is 36.6 Å². The number of rotatable bonds is 3. The quantitative estimate of drug-likeness (QED) is 0.932. The molecule has 4 nitrogen and oxygen atoms in total. The molecule has 2 amide bonds. The summed E-state index contributed by atoms with van der Waals surface area (Å²) in [7, 11) is 0. The molecule has 0 saturated heterocycles. The Kier molecular flexibility index (Phi) is 4.26. The maximum atomic E-state index is 13.1. The minimum Gasteiger partial charge on any atom is -0.324 e. The van der Waals surface area contributed by atoms with Crippen molar-refractivity contribution >= 4 is 17.5 Å². The first-order valence-corrected chi connectivity index (χ1v) is 9.00. The van der Waals surface area contributed by atoms with Gasteiger partial charge in [-0.25, -0.2) is 0 Å². The number of carbonyl (C=O) groups is 2. The highest BCUT2D eigenvalue weighted by atomic mass is 16.2. The topological polar surface area (TPSA) is 49.4 Å². The van der Waals surface area contributed by atoms with E-state index >= 15 is 0 Å². The second-order valence-corrected chi connectivity index (χ2v) is 6.88. The van der Waals surface area contributed by atoms with Crippen LogP contribution in [-0.4, -0.2) is 28.8 Å². The lowest BCUT2D eigenvalue weighted by Gasteiger charge is -2.39. The summed E-state index contributed by atoms with van der Waals surface area (Å²) in [5.74, 6) is -0.0945. The largest absolute Gasteiger partial charge is 0.324 e. The van der Waals surface area contributed by atoms with Gasteiger partial charge in [0.2, 0.25) is 5.91 Å². The van der Waals surface area contributed by atoms with Crippen molar-refractivity contribution in [3.8, 4) is 0 Å². The molecule has 1 aliphatic heterocycles. The van der Waals surface area contributed by atoms with Gasteiger partial charge in [-0.2, -0.15) is 0 Å². The maximum absolute atomic E-state index is 13.1.